The van der Waals surface area contributed by atoms with Crippen LogP contribution in [0.5, 0.6) is 0 Å². The van der Waals surface area contributed by atoms with Crippen molar-refractivity contribution in [2.45, 2.75) is 65.2 Å². The summed E-state index contributed by atoms with van der Waals surface area (Å²) in [6.45, 7) is 9.18. The summed E-state index contributed by atoms with van der Waals surface area (Å²) in [6, 6.07) is 9.50. The average Bonchev–Trinajstić information content (AvgIpc) is 2.49. The van der Waals surface area contributed by atoms with Crippen LogP contribution in [0, 0.1) is 11.8 Å². The molecule has 2 atom stereocenters. The van der Waals surface area contributed by atoms with E-state index in [-0.39, 0.29) is 0 Å². The molecule has 1 fully saturated rings. The van der Waals surface area contributed by atoms with Crippen molar-refractivity contribution in [2.24, 2.45) is 11.8 Å². The van der Waals surface area contributed by atoms with Gasteiger partial charge in [0.2, 0.25) is 0 Å². The minimum atomic E-state index is 0.750. The Hall–Kier alpha value is -0.820. The minimum absolute atomic E-state index is 0.750. The standard InChI is InChI=1S/C20H33N/c1-4-7-17-10-12-18(13-11-17)20-9-6-5-8-19(20)15-21-14-16(2)3/h10-13,16,19-21H,4-9,14-15H2,1-3H3. The first-order chi connectivity index (χ1) is 10.2. The topological polar surface area (TPSA) is 12.0 Å². The molecule has 1 nitrogen and oxygen atoms in total. The van der Waals surface area contributed by atoms with Gasteiger partial charge in [-0.05, 0) is 61.2 Å². The molecule has 0 bridgehead atoms. The maximum absolute atomic E-state index is 3.69. The minimum Gasteiger partial charge on any atom is -0.316 e. The molecule has 0 aromatic heterocycles. The summed E-state index contributed by atoms with van der Waals surface area (Å²) in [5.74, 6) is 2.35. The molecule has 118 valence electrons. The molecule has 1 saturated carbocycles. The largest absolute Gasteiger partial charge is 0.316 e. The third-order valence-electron chi connectivity index (χ3n) is 4.81. The zero-order valence-electron chi connectivity index (χ0n) is 14.2. The second kappa shape index (κ2) is 8.58. The molecule has 0 amide bonds. The van der Waals surface area contributed by atoms with Crippen molar-refractivity contribution in [3.05, 3.63) is 35.4 Å². The van der Waals surface area contributed by atoms with Crippen LogP contribution < -0.4 is 5.32 Å². The van der Waals surface area contributed by atoms with Gasteiger partial charge in [-0.3, -0.25) is 0 Å². The number of hydrogen-bond acceptors (Lipinski definition) is 1. The Morgan fingerprint density at radius 2 is 1.81 bits per heavy atom. The van der Waals surface area contributed by atoms with Gasteiger partial charge in [-0.1, -0.05) is 64.3 Å². The Morgan fingerprint density at radius 1 is 1.10 bits per heavy atom. The van der Waals surface area contributed by atoms with Crippen LogP contribution in [0.15, 0.2) is 24.3 Å². The van der Waals surface area contributed by atoms with Crippen molar-refractivity contribution >= 4 is 0 Å². The van der Waals surface area contributed by atoms with Gasteiger partial charge in [-0.2, -0.15) is 0 Å². The van der Waals surface area contributed by atoms with E-state index in [0.29, 0.717) is 0 Å². The predicted molar refractivity (Wildman–Crippen MR) is 92.8 cm³/mol. The SMILES string of the molecule is CCCc1ccc(C2CCCCC2CNCC(C)C)cc1. The van der Waals surface area contributed by atoms with E-state index in [0.717, 1.165) is 24.3 Å². The van der Waals surface area contributed by atoms with Crippen LogP contribution in [-0.2, 0) is 6.42 Å². The first kappa shape index (κ1) is 16.5. The van der Waals surface area contributed by atoms with E-state index in [2.05, 4.69) is 50.4 Å². The molecule has 0 heterocycles. The third-order valence-corrected chi connectivity index (χ3v) is 4.81. The van der Waals surface area contributed by atoms with E-state index >= 15 is 0 Å². The van der Waals surface area contributed by atoms with Gasteiger partial charge in [-0.15, -0.1) is 0 Å². The number of rotatable bonds is 7. The van der Waals surface area contributed by atoms with Crippen molar-refractivity contribution in [2.75, 3.05) is 13.1 Å². The molecule has 21 heavy (non-hydrogen) atoms. The monoisotopic (exact) mass is 287 g/mol. The summed E-state index contributed by atoms with van der Waals surface area (Å²) in [5, 5.41) is 3.69. The lowest BCUT2D eigenvalue weighted by atomic mass is 9.75. The Morgan fingerprint density at radius 3 is 2.48 bits per heavy atom. The zero-order valence-corrected chi connectivity index (χ0v) is 14.2. The molecule has 0 aliphatic heterocycles. The Bertz CT molecular complexity index is 393. The number of hydrogen-bond donors (Lipinski definition) is 1. The van der Waals surface area contributed by atoms with E-state index in [1.165, 1.54) is 50.6 Å². The van der Waals surface area contributed by atoms with Crippen LogP contribution in [0.1, 0.15) is 69.9 Å². The highest BCUT2D eigenvalue weighted by Crippen LogP contribution is 2.37. The molecule has 2 rings (SSSR count). The maximum Gasteiger partial charge on any atom is -0.00146 e. The molecule has 1 N–H and O–H groups in total. The predicted octanol–water partition coefficient (Wildman–Crippen LogP) is 5.16. The smallest absolute Gasteiger partial charge is 0.00146 e. The Kier molecular flexibility index (Phi) is 6.76. The second-order valence-corrected chi connectivity index (χ2v) is 7.19. The van der Waals surface area contributed by atoms with E-state index in [4.69, 9.17) is 0 Å². The molecule has 1 aromatic rings. The third kappa shape index (κ3) is 5.14. The highest BCUT2D eigenvalue weighted by molar-refractivity contribution is 5.26. The van der Waals surface area contributed by atoms with E-state index < -0.39 is 0 Å². The summed E-state index contributed by atoms with van der Waals surface area (Å²) in [4.78, 5) is 0. The van der Waals surface area contributed by atoms with Crippen molar-refractivity contribution in [3.8, 4) is 0 Å². The van der Waals surface area contributed by atoms with Gasteiger partial charge in [0.05, 0.1) is 0 Å². The molecule has 1 heteroatoms. The van der Waals surface area contributed by atoms with Crippen molar-refractivity contribution in [3.63, 3.8) is 0 Å². The van der Waals surface area contributed by atoms with Crippen LogP contribution >= 0.6 is 0 Å². The molecular weight excluding hydrogens is 254 g/mol. The van der Waals surface area contributed by atoms with Gasteiger partial charge in [0.25, 0.3) is 0 Å². The quantitative estimate of drug-likeness (QED) is 0.730. The van der Waals surface area contributed by atoms with Crippen LogP contribution in [0.25, 0.3) is 0 Å². The summed E-state index contributed by atoms with van der Waals surface area (Å²) < 4.78 is 0. The van der Waals surface area contributed by atoms with E-state index in [9.17, 15) is 0 Å². The van der Waals surface area contributed by atoms with Gasteiger partial charge >= 0.3 is 0 Å². The van der Waals surface area contributed by atoms with Gasteiger partial charge < -0.3 is 5.32 Å². The highest BCUT2D eigenvalue weighted by atomic mass is 14.9. The number of nitrogens with one attached hydrogen (secondary N) is 1. The summed E-state index contributed by atoms with van der Waals surface area (Å²) in [5.41, 5.74) is 3.07. The number of benzene rings is 1. The number of aryl methyl sites for hydroxylation is 1. The van der Waals surface area contributed by atoms with Crippen LogP contribution in [0.2, 0.25) is 0 Å². The fourth-order valence-electron chi connectivity index (χ4n) is 3.67. The van der Waals surface area contributed by atoms with Gasteiger partial charge in [0.1, 0.15) is 0 Å². The molecule has 0 spiro atoms. The van der Waals surface area contributed by atoms with Crippen LogP contribution in [0.3, 0.4) is 0 Å². The van der Waals surface area contributed by atoms with Gasteiger partial charge in [0.15, 0.2) is 0 Å². The van der Waals surface area contributed by atoms with Crippen LogP contribution in [-0.4, -0.2) is 13.1 Å². The summed E-state index contributed by atoms with van der Waals surface area (Å²) >= 11 is 0. The molecule has 0 saturated heterocycles. The van der Waals surface area contributed by atoms with Crippen LogP contribution in [0.4, 0.5) is 0 Å². The molecule has 1 aliphatic rings. The molecule has 0 radical (unpaired) electrons. The highest BCUT2D eigenvalue weighted by Gasteiger charge is 2.26. The van der Waals surface area contributed by atoms with Crippen molar-refractivity contribution < 1.29 is 0 Å². The molecule has 1 aromatic carbocycles. The lowest BCUT2D eigenvalue weighted by Crippen LogP contribution is -2.31. The first-order valence-electron chi connectivity index (χ1n) is 9.00. The van der Waals surface area contributed by atoms with Crippen molar-refractivity contribution in [1.29, 1.82) is 0 Å². The average molecular weight is 287 g/mol. The lowest BCUT2D eigenvalue weighted by molar-refractivity contribution is 0.292. The Balaban J connectivity index is 1.96. The first-order valence-corrected chi connectivity index (χ1v) is 9.00. The zero-order chi connectivity index (χ0) is 15.1. The van der Waals surface area contributed by atoms with E-state index in [1.807, 2.05) is 0 Å². The summed E-state index contributed by atoms with van der Waals surface area (Å²) in [7, 11) is 0. The van der Waals surface area contributed by atoms with Gasteiger partial charge in [0, 0.05) is 0 Å². The molecule has 1 aliphatic carbocycles. The lowest BCUT2D eigenvalue weighted by Gasteiger charge is -2.32. The molecule has 2 unspecified atom stereocenters. The van der Waals surface area contributed by atoms with E-state index in [1.54, 1.807) is 5.56 Å². The summed E-state index contributed by atoms with van der Waals surface area (Å²) in [6.07, 6.45) is 8.04. The van der Waals surface area contributed by atoms with Crippen molar-refractivity contribution in [1.82, 2.24) is 5.32 Å². The van der Waals surface area contributed by atoms with Gasteiger partial charge in [-0.25, -0.2) is 0 Å². The second-order valence-electron chi connectivity index (χ2n) is 7.19. The normalized spacial score (nSPS) is 22.7. The Labute approximate surface area is 131 Å². The fourth-order valence-corrected chi connectivity index (χ4v) is 3.67. The molecular formula is C20H33N. The fraction of sp³-hybridized carbons (Fsp3) is 0.700. The maximum atomic E-state index is 3.69.